The minimum Gasteiger partial charge on any atom is -0.329 e. The molecule has 0 bridgehead atoms. The lowest BCUT2D eigenvalue weighted by Crippen LogP contribution is -2.48. The number of rotatable bonds is 3. The number of fused-ring (bicyclic) bond motifs is 1. The molecular weight excluding hydrogens is 329 g/mol. The highest BCUT2D eigenvalue weighted by Gasteiger charge is 2.27. The van der Waals surface area contributed by atoms with E-state index in [9.17, 15) is 0 Å². The molecule has 0 spiro atoms. The van der Waals surface area contributed by atoms with Gasteiger partial charge in [-0.2, -0.15) is 0 Å². The Labute approximate surface area is 151 Å². The fraction of sp³-hybridized carbons (Fsp3) is 0.500. The molecule has 0 saturated carbocycles. The second kappa shape index (κ2) is 8.84. The van der Waals surface area contributed by atoms with Gasteiger partial charge in [0.15, 0.2) is 0 Å². The lowest BCUT2D eigenvalue weighted by molar-refractivity contribution is 0.0995. The number of likely N-dealkylation sites (tertiary alicyclic amines) is 1. The number of aromatic nitrogens is 1. The van der Waals surface area contributed by atoms with Gasteiger partial charge in [-0.1, -0.05) is 25.1 Å². The van der Waals surface area contributed by atoms with Crippen molar-refractivity contribution in [1.29, 1.82) is 0 Å². The first kappa shape index (κ1) is 20.2. The number of nitrogens with zero attached hydrogens (tertiary/aromatic N) is 2. The van der Waals surface area contributed by atoms with Crippen molar-refractivity contribution in [1.82, 2.24) is 9.88 Å². The molecule has 1 fully saturated rings. The van der Waals surface area contributed by atoms with Crippen LogP contribution in [0.15, 0.2) is 30.3 Å². The van der Waals surface area contributed by atoms with Gasteiger partial charge < -0.3 is 5.73 Å². The molecule has 3 rings (SSSR count). The molecule has 2 unspecified atom stereocenters. The van der Waals surface area contributed by atoms with Crippen molar-refractivity contribution in [2.75, 3.05) is 13.1 Å². The summed E-state index contributed by atoms with van der Waals surface area (Å²) in [4.78, 5) is 7.21. The van der Waals surface area contributed by atoms with E-state index in [0.717, 1.165) is 30.8 Å². The zero-order valence-electron chi connectivity index (χ0n) is 13.9. The summed E-state index contributed by atoms with van der Waals surface area (Å²) < 4.78 is 0. The van der Waals surface area contributed by atoms with Gasteiger partial charge in [0.05, 0.1) is 5.52 Å². The summed E-state index contributed by atoms with van der Waals surface area (Å²) in [5.41, 5.74) is 9.60. The van der Waals surface area contributed by atoms with E-state index in [2.05, 4.69) is 54.1 Å². The van der Waals surface area contributed by atoms with E-state index in [-0.39, 0.29) is 24.8 Å². The lowest BCUT2D eigenvalue weighted by Gasteiger charge is -2.39. The Morgan fingerprint density at radius 1 is 1.26 bits per heavy atom. The van der Waals surface area contributed by atoms with Gasteiger partial charge in [-0.15, -0.1) is 24.8 Å². The van der Waals surface area contributed by atoms with Crippen LogP contribution in [0.2, 0.25) is 0 Å². The monoisotopic (exact) mass is 355 g/mol. The molecule has 0 radical (unpaired) electrons. The number of nitrogens with two attached hydrogens (primary N) is 1. The normalized spacial score (nSPS) is 21.5. The first-order valence-electron chi connectivity index (χ1n) is 7.98. The van der Waals surface area contributed by atoms with Crippen molar-refractivity contribution >= 4 is 35.7 Å². The first-order chi connectivity index (χ1) is 10.2. The van der Waals surface area contributed by atoms with Gasteiger partial charge in [0, 0.05) is 30.2 Å². The average molecular weight is 356 g/mol. The standard InChI is InChI=1S/C18H25N3.2ClH/c1-13-6-5-9-21(18(13)11-19)12-15-10-14(2)20-17-8-4-3-7-16(15)17;;/h3-4,7-8,10,13,18H,5-6,9,11-12,19H2,1-2H3;2*1H. The number of piperidine rings is 1. The highest BCUT2D eigenvalue weighted by Crippen LogP contribution is 2.26. The van der Waals surface area contributed by atoms with Crippen molar-refractivity contribution in [2.24, 2.45) is 11.7 Å². The molecule has 2 atom stereocenters. The second-order valence-electron chi connectivity index (χ2n) is 6.33. The third-order valence-corrected chi connectivity index (χ3v) is 4.78. The third-order valence-electron chi connectivity index (χ3n) is 4.78. The molecule has 5 heteroatoms. The van der Waals surface area contributed by atoms with Crippen LogP contribution in [0.3, 0.4) is 0 Å². The fourth-order valence-electron chi connectivity index (χ4n) is 3.66. The number of benzene rings is 1. The van der Waals surface area contributed by atoms with Crippen molar-refractivity contribution in [2.45, 2.75) is 39.3 Å². The molecule has 128 valence electrons. The molecule has 1 aromatic heterocycles. The van der Waals surface area contributed by atoms with Crippen molar-refractivity contribution in [3.05, 3.63) is 41.6 Å². The number of para-hydroxylation sites is 1. The molecule has 1 aliphatic heterocycles. The fourth-order valence-corrected chi connectivity index (χ4v) is 3.66. The number of hydrogen-bond donors (Lipinski definition) is 1. The van der Waals surface area contributed by atoms with Crippen molar-refractivity contribution in [3.8, 4) is 0 Å². The summed E-state index contributed by atoms with van der Waals surface area (Å²) in [7, 11) is 0. The Hall–Kier alpha value is -0.870. The van der Waals surface area contributed by atoms with Gasteiger partial charge >= 0.3 is 0 Å². The minimum absolute atomic E-state index is 0. The first-order valence-corrected chi connectivity index (χ1v) is 7.98. The van der Waals surface area contributed by atoms with Gasteiger partial charge in [-0.25, -0.2) is 0 Å². The molecule has 2 heterocycles. The molecule has 2 N–H and O–H groups in total. The van der Waals surface area contributed by atoms with Gasteiger partial charge in [0.1, 0.15) is 0 Å². The van der Waals surface area contributed by atoms with Crippen LogP contribution in [0.25, 0.3) is 10.9 Å². The molecular formula is C18H27Cl2N3. The quantitative estimate of drug-likeness (QED) is 0.906. The van der Waals surface area contributed by atoms with Gasteiger partial charge in [0.25, 0.3) is 0 Å². The van der Waals surface area contributed by atoms with E-state index in [4.69, 9.17) is 5.73 Å². The summed E-state index contributed by atoms with van der Waals surface area (Å²) in [5, 5.41) is 1.28. The summed E-state index contributed by atoms with van der Waals surface area (Å²) in [6, 6.07) is 11.2. The van der Waals surface area contributed by atoms with E-state index in [0.29, 0.717) is 12.0 Å². The van der Waals surface area contributed by atoms with Gasteiger partial charge in [-0.3, -0.25) is 9.88 Å². The molecule has 23 heavy (non-hydrogen) atoms. The smallest absolute Gasteiger partial charge is 0.0708 e. The molecule has 2 aromatic rings. The maximum absolute atomic E-state index is 6.03. The zero-order chi connectivity index (χ0) is 14.8. The van der Waals surface area contributed by atoms with Crippen LogP contribution in [0.5, 0.6) is 0 Å². The predicted molar refractivity (Wildman–Crippen MR) is 103 cm³/mol. The zero-order valence-corrected chi connectivity index (χ0v) is 15.5. The highest BCUT2D eigenvalue weighted by atomic mass is 35.5. The molecule has 1 aliphatic rings. The molecule has 3 nitrogen and oxygen atoms in total. The van der Waals surface area contributed by atoms with Gasteiger partial charge in [-0.05, 0) is 49.9 Å². The Morgan fingerprint density at radius 3 is 2.74 bits per heavy atom. The maximum atomic E-state index is 6.03. The maximum Gasteiger partial charge on any atom is 0.0708 e. The van der Waals surface area contributed by atoms with Crippen LogP contribution < -0.4 is 5.73 Å². The largest absolute Gasteiger partial charge is 0.329 e. The summed E-state index contributed by atoms with van der Waals surface area (Å²) in [6.07, 6.45) is 2.58. The van der Waals surface area contributed by atoms with Crippen LogP contribution in [0.1, 0.15) is 31.0 Å². The summed E-state index contributed by atoms with van der Waals surface area (Å²) >= 11 is 0. The van der Waals surface area contributed by atoms with Crippen LogP contribution >= 0.6 is 24.8 Å². The third kappa shape index (κ3) is 4.36. The van der Waals surface area contributed by atoms with Crippen LogP contribution in [-0.2, 0) is 6.54 Å². The van der Waals surface area contributed by atoms with E-state index >= 15 is 0 Å². The molecule has 1 aromatic carbocycles. The van der Waals surface area contributed by atoms with Gasteiger partial charge in [0.2, 0.25) is 0 Å². The Bertz CT molecular complexity index is 633. The number of hydrogen-bond acceptors (Lipinski definition) is 3. The van der Waals surface area contributed by atoms with Crippen molar-refractivity contribution < 1.29 is 0 Å². The van der Waals surface area contributed by atoms with Crippen molar-refractivity contribution in [3.63, 3.8) is 0 Å². The van der Waals surface area contributed by atoms with Crippen LogP contribution in [-0.4, -0.2) is 29.0 Å². The molecule has 0 amide bonds. The topological polar surface area (TPSA) is 42.1 Å². The van der Waals surface area contributed by atoms with E-state index in [1.165, 1.54) is 23.8 Å². The second-order valence-corrected chi connectivity index (χ2v) is 6.33. The average Bonchev–Trinajstić information content (AvgIpc) is 2.47. The number of pyridine rings is 1. The number of aryl methyl sites for hydroxylation is 1. The predicted octanol–water partition coefficient (Wildman–Crippen LogP) is 3.95. The lowest BCUT2D eigenvalue weighted by atomic mass is 9.90. The Kier molecular flexibility index (Phi) is 7.75. The Morgan fingerprint density at radius 2 is 2.00 bits per heavy atom. The Balaban J connectivity index is 0.00000132. The van der Waals surface area contributed by atoms with E-state index in [1.807, 2.05) is 0 Å². The highest BCUT2D eigenvalue weighted by molar-refractivity contribution is 5.85. The molecule has 0 aliphatic carbocycles. The number of halogens is 2. The minimum atomic E-state index is 0. The molecule has 1 saturated heterocycles. The summed E-state index contributed by atoms with van der Waals surface area (Å²) in [5.74, 6) is 0.693. The SMILES string of the molecule is Cc1cc(CN2CCCC(C)C2CN)c2ccccc2n1.Cl.Cl. The van der Waals surface area contributed by atoms with Crippen LogP contribution in [0, 0.1) is 12.8 Å². The van der Waals surface area contributed by atoms with E-state index in [1.54, 1.807) is 0 Å². The van der Waals surface area contributed by atoms with Crippen LogP contribution in [0.4, 0.5) is 0 Å². The summed E-state index contributed by atoms with van der Waals surface area (Å²) in [6.45, 7) is 7.30. The van der Waals surface area contributed by atoms with E-state index < -0.39 is 0 Å².